The van der Waals surface area contributed by atoms with Crippen LogP contribution in [-0.2, 0) is 9.59 Å². The van der Waals surface area contributed by atoms with Crippen LogP contribution < -0.4 is 15.1 Å². The Morgan fingerprint density at radius 3 is 2.22 bits per heavy atom. The first kappa shape index (κ1) is 23.6. The number of anilines is 2. The Bertz CT molecular complexity index is 1240. The predicted octanol–water partition coefficient (Wildman–Crippen LogP) is 4.88. The first-order valence-corrected chi connectivity index (χ1v) is 12.3. The summed E-state index contributed by atoms with van der Waals surface area (Å²) < 4.78 is 5.34. The van der Waals surface area contributed by atoms with Crippen LogP contribution in [0.3, 0.4) is 0 Å². The van der Waals surface area contributed by atoms with Gasteiger partial charge in [0.25, 0.3) is 5.91 Å². The van der Waals surface area contributed by atoms with Crippen LogP contribution in [0.4, 0.5) is 11.4 Å². The molecular formula is C29H30N4O3. The minimum Gasteiger partial charge on any atom is -0.495 e. The maximum Gasteiger partial charge on any atom is 0.270 e. The number of nitrogens with one attached hydrogen (secondary N) is 1. The Hall–Kier alpha value is -4.13. The molecule has 3 aromatic rings. The molecule has 0 aromatic heterocycles. The second-order valence-corrected chi connectivity index (χ2v) is 9.11. The molecule has 3 aromatic carbocycles. The van der Waals surface area contributed by atoms with E-state index in [9.17, 15) is 9.59 Å². The molecule has 184 valence electrons. The van der Waals surface area contributed by atoms with Crippen molar-refractivity contribution in [2.45, 2.75) is 25.3 Å². The van der Waals surface area contributed by atoms with Crippen LogP contribution in [0.1, 0.15) is 30.9 Å². The molecule has 0 bridgehead atoms. The number of nitrogens with zero attached hydrogens (tertiary/aromatic N) is 3. The Kier molecular flexibility index (Phi) is 6.98. The standard InChI is InChI=1S/C29H30N4O3/c1-36-27-15-9-8-14-24(27)30-28(34)22-16-18-32(19-17-22)29(35)25-20-26(21-10-4-2-5-11-21)33(31-25)23-12-6-3-7-13-23/h2-15,22,26H,16-20H2,1H3,(H,30,34). The maximum absolute atomic E-state index is 13.5. The van der Waals surface area contributed by atoms with Gasteiger partial charge in [-0.3, -0.25) is 14.6 Å². The lowest BCUT2D eigenvalue weighted by Crippen LogP contribution is -2.44. The SMILES string of the molecule is COc1ccccc1NC(=O)C1CCN(C(=O)C2=NN(c3ccccc3)C(c3ccccc3)C2)CC1. The van der Waals surface area contributed by atoms with Crippen LogP contribution in [0.25, 0.3) is 0 Å². The number of benzene rings is 3. The molecule has 2 heterocycles. The maximum atomic E-state index is 13.5. The summed E-state index contributed by atoms with van der Waals surface area (Å²) in [5, 5.41) is 9.72. The largest absolute Gasteiger partial charge is 0.495 e. The lowest BCUT2D eigenvalue weighted by molar-refractivity contribution is -0.128. The van der Waals surface area contributed by atoms with Crippen LogP contribution in [0.15, 0.2) is 90.0 Å². The first-order chi connectivity index (χ1) is 17.6. The number of carbonyl (C=O) groups is 2. The van der Waals surface area contributed by atoms with E-state index < -0.39 is 0 Å². The second kappa shape index (κ2) is 10.6. The summed E-state index contributed by atoms with van der Waals surface area (Å²) in [6, 6.07) is 27.5. The van der Waals surface area contributed by atoms with E-state index >= 15 is 0 Å². The number of methoxy groups -OCH3 is 1. The minimum atomic E-state index is -0.151. The van der Waals surface area contributed by atoms with E-state index in [0.29, 0.717) is 49.5 Å². The van der Waals surface area contributed by atoms with E-state index in [1.807, 2.05) is 82.7 Å². The van der Waals surface area contributed by atoms with E-state index in [1.54, 1.807) is 7.11 Å². The van der Waals surface area contributed by atoms with Crippen molar-refractivity contribution in [2.24, 2.45) is 11.0 Å². The summed E-state index contributed by atoms with van der Waals surface area (Å²) in [5.74, 6) is 0.401. The molecule has 5 rings (SSSR count). The van der Waals surface area contributed by atoms with Gasteiger partial charge >= 0.3 is 0 Å². The minimum absolute atomic E-state index is 0.0308. The van der Waals surface area contributed by atoms with Crippen molar-refractivity contribution in [2.75, 3.05) is 30.5 Å². The highest BCUT2D eigenvalue weighted by Crippen LogP contribution is 2.35. The zero-order valence-electron chi connectivity index (χ0n) is 20.3. The summed E-state index contributed by atoms with van der Waals surface area (Å²) in [5.41, 5.74) is 3.31. The van der Waals surface area contributed by atoms with Crippen molar-refractivity contribution in [3.05, 3.63) is 90.5 Å². The van der Waals surface area contributed by atoms with Gasteiger partial charge in [-0.1, -0.05) is 60.7 Å². The topological polar surface area (TPSA) is 74.2 Å². The van der Waals surface area contributed by atoms with E-state index in [0.717, 1.165) is 11.3 Å². The zero-order chi connectivity index (χ0) is 24.9. The van der Waals surface area contributed by atoms with Gasteiger partial charge in [0.05, 0.1) is 24.5 Å². The van der Waals surface area contributed by atoms with Crippen LogP contribution in [-0.4, -0.2) is 42.6 Å². The number of hydrogen-bond acceptors (Lipinski definition) is 5. The van der Waals surface area contributed by atoms with Crippen LogP contribution in [0.2, 0.25) is 0 Å². The number of ether oxygens (including phenoxy) is 1. The van der Waals surface area contributed by atoms with Gasteiger partial charge in [-0.05, 0) is 42.7 Å². The fourth-order valence-electron chi connectivity index (χ4n) is 4.90. The number of amides is 2. The highest BCUT2D eigenvalue weighted by molar-refractivity contribution is 6.39. The molecular weight excluding hydrogens is 452 g/mol. The van der Waals surface area contributed by atoms with Crippen molar-refractivity contribution in [1.82, 2.24) is 4.90 Å². The van der Waals surface area contributed by atoms with Crippen molar-refractivity contribution in [1.29, 1.82) is 0 Å². The van der Waals surface area contributed by atoms with Crippen molar-refractivity contribution in [3.63, 3.8) is 0 Å². The highest BCUT2D eigenvalue weighted by Gasteiger charge is 2.36. The molecule has 1 fully saturated rings. The molecule has 0 saturated carbocycles. The smallest absolute Gasteiger partial charge is 0.270 e. The Labute approximate surface area is 211 Å². The Morgan fingerprint density at radius 1 is 0.889 bits per heavy atom. The zero-order valence-corrected chi connectivity index (χ0v) is 20.3. The number of hydrazone groups is 1. The van der Waals surface area contributed by atoms with E-state index in [2.05, 4.69) is 17.4 Å². The van der Waals surface area contributed by atoms with Crippen molar-refractivity contribution >= 4 is 28.9 Å². The lowest BCUT2D eigenvalue weighted by atomic mass is 9.95. The van der Waals surface area contributed by atoms with E-state index in [4.69, 9.17) is 9.84 Å². The molecule has 0 spiro atoms. The highest BCUT2D eigenvalue weighted by atomic mass is 16.5. The Balaban J connectivity index is 1.25. The third-order valence-electron chi connectivity index (χ3n) is 6.88. The van der Waals surface area contributed by atoms with Gasteiger partial charge in [0.2, 0.25) is 5.91 Å². The normalized spacial score (nSPS) is 18.0. The lowest BCUT2D eigenvalue weighted by Gasteiger charge is -2.31. The molecule has 1 N–H and O–H groups in total. The van der Waals surface area contributed by atoms with Crippen LogP contribution in [0.5, 0.6) is 5.75 Å². The summed E-state index contributed by atoms with van der Waals surface area (Å²) in [6.07, 6.45) is 1.78. The summed E-state index contributed by atoms with van der Waals surface area (Å²) in [4.78, 5) is 28.2. The number of hydrogen-bond donors (Lipinski definition) is 1. The summed E-state index contributed by atoms with van der Waals surface area (Å²) in [7, 11) is 1.59. The molecule has 36 heavy (non-hydrogen) atoms. The fraction of sp³-hybridized carbons (Fsp3) is 0.276. The molecule has 0 radical (unpaired) electrons. The van der Waals surface area contributed by atoms with Gasteiger partial charge in [-0.25, -0.2) is 0 Å². The fourth-order valence-corrected chi connectivity index (χ4v) is 4.90. The third-order valence-corrected chi connectivity index (χ3v) is 6.88. The quantitative estimate of drug-likeness (QED) is 0.544. The van der Waals surface area contributed by atoms with E-state index in [1.165, 1.54) is 0 Å². The number of likely N-dealkylation sites (tertiary alicyclic amines) is 1. The molecule has 1 atom stereocenters. The number of carbonyl (C=O) groups excluding carboxylic acids is 2. The number of para-hydroxylation sites is 3. The molecule has 1 unspecified atom stereocenters. The van der Waals surface area contributed by atoms with Gasteiger partial charge in [-0.15, -0.1) is 0 Å². The molecule has 7 nitrogen and oxygen atoms in total. The van der Waals surface area contributed by atoms with Gasteiger partial charge in [0, 0.05) is 25.4 Å². The van der Waals surface area contributed by atoms with E-state index in [-0.39, 0.29) is 23.8 Å². The Morgan fingerprint density at radius 2 is 1.53 bits per heavy atom. The van der Waals surface area contributed by atoms with Gasteiger partial charge in [-0.2, -0.15) is 5.10 Å². The van der Waals surface area contributed by atoms with Crippen LogP contribution in [0, 0.1) is 5.92 Å². The number of rotatable bonds is 6. The second-order valence-electron chi connectivity index (χ2n) is 9.11. The predicted molar refractivity (Wildman–Crippen MR) is 141 cm³/mol. The summed E-state index contributed by atoms with van der Waals surface area (Å²) >= 11 is 0. The third kappa shape index (κ3) is 4.96. The molecule has 1 saturated heterocycles. The van der Waals surface area contributed by atoms with Crippen LogP contribution >= 0.6 is 0 Å². The molecule has 2 aliphatic rings. The number of piperidine rings is 1. The van der Waals surface area contributed by atoms with Gasteiger partial charge in [0.1, 0.15) is 11.5 Å². The molecule has 0 aliphatic carbocycles. The van der Waals surface area contributed by atoms with Crippen molar-refractivity contribution in [3.8, 4) is 5.75 Å². The monoisotopic (exact) mass is 482 g/mol. The van der Waals surface area contributed by atoms with Gasteiger partial charge in [0.15, 0.2) is 0 Å². The first-order valence-electron chi connectivity index (χ1n) is 12.3. The molecule has 2 aliphatic heterocycles. The van der Waals surface area contributed by atoms with Crippen molar-refractivity contribution < 1.29 is 14.3 Å². The average molecular weight is 483 g/mol. The average Bonchev–Trinajstić information content (AvgIpc) is 3.40. The molecule has 7 heteroatoms. The molecule has 2 amide bonds. The summed E-state index contributed by atoms with van der Waals surface area (Å²) in [6.45, 7) is 1.06. The van der Waals surface area contributed by atoms with Gasteiger partial charge < -0.3 is 15.0 Å².